The van der Waals surface area contributed by atoms with E-state index in [0.717, 1.165) is 0 Å². The normalized spacial score (nSPS) is 13.3. The Morgan fingerprint density at radius 3 is 2.55 bits per heavy atom. The van der Waals surface area contributed by atoms with Gasteiger partial charge in [0.25, 0.3) is 0 Å². The third-order valence-electron chi connectivity index (χ3n) is 3.18. The SMILES string of the molecule is C[C@H](Nc1nc(C(F)(F)F)nc2ccccc12)c1ccco1. The number of furan rings is 1. The molecular formula is C15H12F3N3O. The van der Waals surface area contributed by atoms with Crippen molar-refractivity contribution in [1.29, 1.82) is 0 Å². The molecule has 0 spiro atoms. The fraction of sp³-hybridized carbons (Fsp3) is 0.200. The van der Waals surface area contributed by atoms with Gasteiger partial charge in [-0.2, -0.15) is 13.2 Å². The molecular weight excluding hydrogens is 295 g/mol. The van der Waals surface area contributed by atoms with Gasteiger partial charge in [-0.15, -0.1) is 0 Å². The second-order valence-electron chi connectivity index (χ2n) is 4.79. The smallest absolute Gasteiger partial charge is 0.451 e. The molecule has 1 N–H and O–H groups in total. The highest BCUT2D eigenvalue weighted by Gasteiger charge is 2.35. The summed E-state index contributed by atoms with van der Waals surface area (Å²) in [7, 11) is 0. The minimum Gasteiger partial charge on any atom is -0.467 e. The molecule has 0 saturated carbocycles. The number of aromatic nitrogens is 2. The van der Waals surface area contributed by atoms with Crippen LogP contribution in [0.1, 0.15) is 24.6 Å². The lowest BCUT2D eigenvalue weighted by atomic mass is 10.2. The number of alkyl halides is 3. The minimum atomic E-state index is -4.60. The zero-order valence-electron chi connectivity index (χ0n) is 11.6. The van der Waals surface area contributed by atoms with Crippen molar-refractivity contribution in [2.75, 3.05) is 5.32 Å². The zero-order chi connectivity index (χ0) is 15.7. The Labute approximate surface area is 124 Å². The highest BCUT2D eigenvalue weighted by Crippen LogP contribution is 2.31. The van der Waals surface area contributed by atoms with E-state index in [4.69, 9.17) is 4.42 Å². The number of hydrogen-bond acceptors (Lipinski definition) is 4. The zero-order valence-corrected chi connectivity index (χ0v) is 11.6. The second-order valence-corrected chi connectivity index (χ2v) is 4.79. The second kappa shape index (κ2) is 5.32. The van der Waals surface area contributed by atoms with Crippen LogP contribution in [0.25, 0.3) is 10.9 Å². The van der Waals surface area contributed by atoms with Crippen LogP contribution in [0.5, 0.6) is 0 Å². The summed E-state index contributed by atoms with van der Waals surface area (Å²) < 4.78 is 44.1. The molecule has 114 valence electrons. The number of anilines is 1. The molecule has 4 nitrogen and oxygen atoms in total. The minimum absolute atomic E-state index is 0.127. The molecule has 0 aliphatic rings. The molecule has 3 aromatic rings. The molecule has 1 atom stereocenters. The number of halogens is 3. The number of nitrogens with one attached hydrogen (secondary N) is 1. The van der Waals surface area contributed by atoms with Crippen LogP contribution in [0.15, 0.2) is 47.1 Å². The average Bonchev–Trinajstić information content (AvgIpc) is 3.00. The lowest BCUT2D eigenvalue weighted by Crippen LogP contribution is -2.15. The number of benzene rings is 1. The Morgan fingerprint density at radius 2 is 1.86 bits per heavy atom. The van der Waals surface area contributed by atoms with Gasteiger partial charge in [0, 0.05) is 5.39 Å². The topological polar surface area (TPSA) is 51.0 Å². The molecule has 0 radical (unpaired) electrons. The number of hydrogen-bond donors (Lipinski definition) is 1. The maximum Gasteiger partial charge on any atom is 0.451 e. The molecule has 0 unspecified atom stereocenters. The number of rotatable bonds is 3. The summed E-state index contributed by atoms with van der Waals surface area (Å²) in [4.78, 5) is 7.21. The van der Waals surface area contributed by atoms with E-state index in [9.17, 15) is 13.2 Å². The number of fused-ring (bicyclic) bond motifs is 1. The largest absolute Gasteiger partial charge is 0.467 e. The first-order valence-electron chi connectivity index (χ1n) is 6.59. The fourth-order valence-corrected chi connectivity index (χ4v) is 2.13. The Kier molecular flexibility index (Phi) is 3.48. The van der Waals surface area contributed by atoms with Crippen molar-refractivity contribution >= 4 is 16.7 Å². The van der Waals surface area contributed by atoms with Crippen molar-refractivity contribution in [1.82, 2.24) is 9.97 Å². The molecule has 0 aliphatic carbocycles. The quantitative estimate of drug-likeness (QED) is 0.778. The van der Waals surface area contributed by atoms with E-state index in [-0.39, 0.29) is 17.4 Å². The Hall–Kier alpha value is -2.57. The van der Waals surface area contributed by atoms with Gasteiger partial charge in [0.05, 0.1) is 17.8 Å². The monoisotopic (exact) mass is 307 g/mol. The Morgan fingerprint density at radius 1 is 1.09 bits per heavy atom. The lowest BCUT2D eigenvalue weighted by Gasteiger charge is -2.15. The van der Waals surface area contributed by atoms with Crippen LogP contribution in [0.3, 0.4) is 0 Å². The van der Waals surface area contributed by atoms with Crippen LogP contribution in [-0.4, -0.2) is 9.97 Å². The van der Waals surface area contributed by atoms with E-state index >= 15 is 0 Å². The van der Waals surface area contributed by atoms with Crippen molar-refractivity contribution in [2.24, 2.45) is 0 Å². The van der Waals surface area contributed by atoms with E-state index in [1.165, 1.54) is 12.3 Å². The summed E-state index contributed by atoms with van der Waals surface area (Å²) in [6.07, 6.45) is -3.10. The van der Waals surface area contributed by atoms with Crippen molar-refractivity contribution in [3.8, 4) is 0 Å². The van der Waals surface area contributed by atoms with Gasteiger partial charge in [-0.05, 0) is 31.2 Å². The molecule has 0 amide bonds. The summed E-state index contributed by atoms with van der Waals surface area (Å²) in [5.74, 6) is -0.432. The van der Waals surface area contributed by atoms with Gasteiger partial charge in [0.2, 0.25) is 5.82 Å². The van der Waals surface area contributed by atoms with E-state index in [1.807, 2.05) is 0 Å². The summed E-state index contributed by atoms with van der Waals surface area (Å²) >= 11 is 0. The average molecular weight is 307 g/mol. The lowest BCUT2D eigenvalue weighted by molar-refractivity contribution is -0.144. The molecule has 2 aromatic heterocycles. The molecule has 0 fully saturated rings. The van der Waals surface area contributed by atoms with E-state index in [2.05, 4.69) is 15.3 Å². The van der Waals surface area contributed by atoms with Crippen molar-refractivity contribution in [3.63, 3.8) is 0 Å². The summed E-state index contributed by atoms with van der Waals surface area (Å²) in [6.45, 7) is 1.78. The van der Waals surface area contributed by atoms with Gasteiger partial charge in [-0.25, -0.2) is 9.97 Å². The third-order valence-corrected chi connectivity index (χ3v) is 3.18. The van der Waals surface area contributed by atoms with Gasteiger partial charge >= 0.3 is 6.18 Å². The molecule has 0 bridgehead atoms. The maximum atomic E-state index is 12.9. The summed E-state index contributed by atoms with van der Waals surface area (Å²) in [5, 5.41) is 3.48. The van der Waals surface area contributed by atoms with Crippen LogP contribution in [0.2, 0.25) is 0 Å². The first kappa shape index (κ1) is 14.4. The fourth-order valence-electron chi connectivity index (χ4n) is 2.13. The van der Waals surface area contributed by atoms with E-state index in [1.54, 1.807) is 37.3 Å². The van der Waals surface area contributed by atoms with Crippen molar-refractivity contribution in [3.05, 3.63) is 54.2 Å². The highest BCUT2D eigenvalue weighted by molar-refractivity contribution is 5.89. The van der Waals surface area contributed by atoms with Crippen LogP contribution in [0, 0.1) is 0 Å². The van der Waals surface area contributed by atoms with E-state index < -0.39 is 12.0 Å². The molecule has 0 aliphatic heterocycles. The van der Waals surface area contributed by atoms with Crippen molar-refractivity contribution < 1.29 is 17.6 Å². The Bertz CT molecular complexity index is 784. The molecule has 22 heavy (non-hydrogen) atoms. The number of nitrogens with zero attached hydrogens (tertiary/aromatic N) is 2. The van der Waals surface area contributed by atoms with Crippen LogP contribution in [-0.2, 0) is 6.18 Å². The van der Waals surface area contributed by atoms with Gasteiger partial charge in [-0.3, -0.25) is 0 Å². The highest BCUT2D eigenvalue weighted by atomic mass is 19.4. The first-order chi connectivity index (χ1) is 10.4. The maximum absolute atomic E-state index is 12.9. The van der Waals surface area contributed by atoms with Crippen LogP contribution in [0.4, 0.5) is 19.0 Å². The van der Waals surface area contributed by atoms with Crippen molar-refractivity contribution in [2.45, 2.75) is 19.1 Å². The number of para-hydroxylation sites is 1. The molecule has 3 rings (SSSR count). The molecule has 0 saturated heterocycles. The predicted octanol–water partition coefficient (Wildman–Crippen LogP) is 4.41. The Balaban J connectivity index is 2.07. The first-order valence-corrected chi connectivity index (χ1v) is 6.59. The third kappa shape index (κ3) is 2.74. The van der Waals surface area contributed by atoms with Gasteiger partial charge in [0.15, 0.2) is 0 Å². The van der Waals surface area contributed by atoms with Gasteiger partial charge < -0.3 is 9.73 Å². The summed E-state index contributed by atoms with van der Waals surface area (Å²) in [5.41, 5.74) is 0.235. The van der Waals surface area contributed by atoms with Crippen LogP contribution >= 0.6 is 0 Å². The molecule has 7 heteroatoms. The van der Waals surface area contributed by atoms with E-state index in [0.29, 0.717) is 11.1 Å². The standard InChI is InChI=1S/C15H12F3N3O/c1-9(12-7-4-8-22-12)19-13-10-5-2-3-6-11(10)20-14(21-13)15(16,17)18/h2-9H,1H3,(H,19,20,21)/t9-/m0/s1. The van der Waals surface area contributed by atoms with Gasteiger partial charge in [0.1, 0.15) is 11.6 Å². The summed E-state index contributed by atoms with van der Waals surface area (Å²) in [6, 6.07) is 9.69. The molecule has 2 heterocycles. The van der Waals surface area contributed by atoms with Crippen LogP contribution < -0.4 is 5.32 Å². The predicted molar refractivity (Wildman–Crippen MR) is 75.3 cm³/mol. The van der Waals surface area contributed by atoms with Gasteiger partial charge in [-0.1, -0.05) is 12.1 Å². The molecule has 1 aromatic carbocycles.